The molecule has 0 radical (unpaired) electrons. The van der Waals surface area contributed by atoms with E-state index in [0.717, 1.165) is 5.56 Å². The Kier molecular flexibility index (Phi) is 4.90. The van der Waals surface area contributed by atoms with Crippen LogP contribution in [-0.2, 0) is 11.3 Å². The molecule has 0 spiro atoms. The number of nitrogens with zero attached hydrogens (tertiary/aromatic N) is 2. The largest absolute Gasteiger partial charge is 0.481 e. The molecule has 94 valence electrons. The fourth-order valence-corrected chi connectivity index (χ4v) is 1.78. The highest BCUT2D eigenvalue weighted by Gasteiger charge is 2.21. The van der Waals surface area contributed by atoms with Gasteiger partial charge in [-0.25, -0.2) is 4.98 Å². The number of carboxylic acids is 1. The lowest BCUT2D eigenvalue weighted by Gasteiger charge is -2.23. The van der Waals surface area contributed by atoms with Crippen LogP contribution in [0.15, 0.2) is 18.3 Å². The van der Waals surface area contributed by atoms with Gasteiger partial charge in [-0.05, 0) is 19.5 Å². The Labute approximate surface area is 101 Å². The van der Waals surface area contributed by atoms with E-state index < -0.39 is 12.0 Å². The first-order valence-corrected chi connectivity index (χ1v) is 5.51. The van der Waals surface area contributed by atoms with Crippen LogP contribution in [0.25, 0.3) is 0 Å². The van der Waals surface area contributed by atoms with E-state index in [1.807, 2.05) is 19.1 Å². The minimum Gasteiger partial charge on any atom is -0.481 e. The van der Waals surface area contributed by atoms with Crippen LogP contribution in [-0.4, -0.2) is 41.2 Å². The molecule has 1 rings (SSSR count). The molecule has 17 heavy (non-hydrogen) atoms. The van der Waals surface area contributed by atoms with Gasteiger partial charge in [0.15, 0.2) is 0 Å². The maximum atomic E-state index is 11.0. The van der Waals surface area contributed by atoms with Crippen LogP contribution in [0.3, 0.4) is 0 Å². The van der Waals surface area contributed by atoms with Crippen molar-refractivity contribution in [3.8, 4) is 5.88 Å². The number of ether oxygens (including phenoxy) is 1. The number of methoxy groups -OCH3 is 1. The van der Waals surface area contributed by atoms with Crippen molar-refractivity contribution in [1.82, 2.24) is 9.88 Å². The van der Waals surface area contributed by atoms with E-state index in [0.29, 0.717) is 18.8 Å². The molecule has 0 aliphatic rings. The molecule has 0 amide bonds. The Morgan fingerprint density at radius 3 is 2.88 bits per heavy atom. The summed E-state index contributed by atoms with van der Waals surface area (Å²) in [7, 11) is 3.34. The zero-order valence-corrected chi connectivity index (χ0v) is 10.4. The van der Waals surface area contributed by atoms with Crippen molar-refractivity contribution in [2.24, 2.45) is 0 Å². The summed E-state index contributed by atoms with van der Waals surface area (Å²) in [4.78, 5) is 16.9. The first-order valence-electron chi connectivity index (χ1n) is 5.51. The number of likely N-dealkylation sites (N-methyl/N-ethyl adjacent to an activating group) is 1. The van der Waals surface area contributed by atoms with Crippen LogP contribution in [0.2, 0.25) is 0 Å². The predicted molar refractivity (Wildman–Crippen MR) is 64.0 cm³/mol. The van der Waals surface area contributed by atoms with Gasteiger partial charge in [0.05, 0.1) is 7.11 Å². The molecule has 5 nitrogen and oxygen atoms in total. The average molecular weight is 238 g/mol. The van der Waals surface area contributed by atoms with E-state index in [2.05, 4.69) is 4.98 Å². The molecular weight excluding hydrogens is 220 g/mol. The quantitative estimate of drug-likeness (QED) is 0.811. The van der Waals surface area contributed by atoms with E-state index in [1.54, 1.807) is 25.3 Å². The molecule has 1 unspecified atom stereocenters. The molecule has 0 fully saturated rings. The molecule has 1 atom stereocenters. The molecule has 1 heterocycles. The summed E-state index contributed by atoms with van der Waals surface area (Å²) in [6.07, 6.45) is 2.21. The topological polar surface area (TPSA) is 62.7 Å². The molecule has 1 aromatic heterocycles. The van der Waals surface area contributed by atoms with Crippen molar-refractivity contribution < 1.29 is 14.6 Å². The summed E-state index contributed by atoms with van der Waals surface area (Å²) < 4.78 is 5.13. The second-order valence-electron chi connectivity index (χ2n) is 3.85. The number of aromatic nitrogens is 1. The van der Waals surface area contributed by atoms with Crippen LogP contribution < -0.4 is 4.74 Å². The zero-order valence-electron chi connectivity index (χ0n) is 10.4. The van der Waals surface area contributed by atoms with E-state index in [-0.39, 0.29) is 0 Å². The third kappa shape index (κ3) is 3.42. The van der Waals surface area contributed by atoms with Gasteiger partial charge in [-0.3, -0.25) is 9.69 Å². The van der Waals surface area contributed by atoms with Gasteiger partial charge in [-0.1, -0.05) is 13.0 Å². The van der Waals surface area contributed by atoms with Crippen LogP contribution in [0, 0.1) is 0 Å². The average Bonchev–Trinajstić information content (AvgIpc) is 2.30. The molecule has 1 N–H and O–H groups in total. The molecule has 1 aromatic rings. The SMILES string of the molecule is CCC(C(=O)O)N(C)Cc1cccnc1OC. The second kappa shape index (κ2) is 6.20. The van der Waals surface area contributed by atoms with E-state index in [4.69, 9.17) is 9.84 Å². The number of rotatable bonds is 6. The minimum atomic E-state index is -0.808. The standard InChI is InChI=1S/C12H18N2O3/c1-4-10(12(15)16)14(2)8-9-6-5-7-13-11(9)17-3/h5-7,10H,4,8H2,1-3H3,(H,15,16). The highest BCUT2D eigenvalue weighted by molar-refractivity contribution is 5.73. The Morgan fingerprint density at radius 1 is 1.65 bits per heavy atom. The number of hydrogen-bond donors (Lipinski definition) is 1. The molecule has 0 aliphatic carbocycles. The lowest BCUT2D eigenvalue weighted by atomic mass is 10.1. The first-order chi connectivity index (χ1) is 8.10. The fraction of sp³-hybridized carbons (Fsp3) is 0.500. The molecule has 0 aliphatic heterocycles. The Bertz CT molecular complexity index is 382. The van der Waals surface area contributed by atoms with Crippen molar-refractivity contribution >= 4 is 5.97 Å². The smallest absolute Gasteiger partial charge is 0.320 e. The van der Waals surface area contributed by atoms with Gasteiger partial charge in [-0.2, -0.15) is 0 Å². The number of carboxylic acid groups (broad SMARTS) is 1. The van der Waals surface area contributed by atoms with Gasteiger partial charge in [0, 0.05) is 18.3 Å². The minimum absolute atomic E-state index is 0.486. The van der Waals surface area contributed by atoms with Gasteiger partial charge >= 0.3 is 5.97 Å². The van der Waals surface area contributed by atoms with Gasteiger partial charge in [0.2, 0.25) is 5.88 Å². The lowest BCUT2D eigenvalue weighted by Crippen LogP contribution is -2.37. The molecule has 0 saturated heterocycles. The van der Waals surface area contributed by atoms with Gasteiger partial charge in [-0.15, -0.1) is 0 Å². The maximum absolute atomic E-state index is 11.0. The van der Waals surface area contributed by atoms with E-state index in [1.165, 1.54) is 0 Å². The summed E-state index contributed by atoms with van der Waals surface area (Å²) >= 11 is 0. The summed E-state index contributed by atoms with van der Waals surface area (Å²) in [6.45, 7) is 2.36. The zero-order chi connectivity index (χ0) is 12.8. The predicted octanol–water partition coefficient (Wildman–Crippen LogP) is 1.39. The monoisotopic (exact) mass is 238 g/mol. The first kappa shape index (κ1) is 13.4. The molecular formula is C12H18N2O3. The number of aliphatic carboxylic acids is 1. The number of hydrogen-bond acceptors (Lipinski definition) is 4. The van der Waals surface area contributed by atoms with Crippen LogP contribution >= 0.6 is 0 Å². The second-order valence-corrected chi connectivity index (χ2v) is 3.85. The van der Waals surface area contributed by atoms with Crippen LogP contribution in [0.4, 0.5) is 0 Å². The van der Waals surface area contributed by atoms with Crippen molar-refractivity contribution in [2.45, 2.75) is 25.9 Å². The highest BCUT2D eigenvalue weighted by atomic mass is 16.5. The Hall–Kier alpha value is -1.62. The van der Waals surface area contributed by atoms with Crippen molar-refractivity contribution in [3.05, 3.63) is 23.9 Å². The lowest BCUT2D eigenvalue weighted by molar-refractivity contribution is -0.143. The molecule has 0 saturated carbocycles. The van der Waals surface area contributed by atoms with Crippen molar-refractivity contribution in [2.75, 3.05) is 14.2 Å². The van der Waals surface area contributed by atoms with Gasteiger partial charge in [0.25, 0.3) is 0 Å². The third-order valence-corrected chi connectivity index (χ3v) is 2.67. The van der Waals surface area contributed by atoms with Crippen molar-refractivity contribution in [3.63, 3.8) is 0 Å². The molecule has 0 bridgehead atoms. The van der Waals surface area contributed by atoms with E-state index >= 15 is 0 Å². The van der Waals surface area contributed by atoms with Crippen LogP contribution in [0.1, 0.15) is 18.9 Å². The summed E-state index contributed by atoms with van der Waals surface area (Å²) in [5.74, 6) is -0.266. The normalized spacial score (nSPS) is 12.5. The summed E-state index contributed by atoms with van der Waals surface area (Å²) in [5, 5.41) is 9.06. The number of carbonyl (C=O) groups is 1. The van der Waals surface area contributed by atoms with Gasteiger partial charge < -0.3 is 9.84 Å². The van der Waals surface area contributed by atoms with E-state index in [9.17, 15) is 4.79 Å². The van der Waals surface area contributed by atoms with Crippen LogP contribution in [0.5, 0.6) is 5.88 Å². The highest BCUT2D eigenvalue weighted by Crippen LogP contribution is 2.17. The van der Waals surface area contributed by atoms with Gasteiger partial charge in [0.1, 0.15) is 6.04 Å². The van der Waals surface area contributed by atoms with Crippen molar-refractivity contribution in [1.29, 1.82) is 0 Å². The summed E-state index contributed by atoms with van der Waals surface area (Å²) in [5.41, 5.74) is 0.886. The third-order valence-electron chi connectivity index (χ3n) is 2.67. The fourth-order valence-electron chi connectivity index (χ4n) is 1.78. The molecule has 5 heteroatoms. The molecule has 0 aromatic carbocycles. The maximum Gasteiger partial charge on any atom is 0.320 e. The number of pyridine rings is 1. The summed E-state index contributed by atoms with van der Waals surface area (Å²) in [6, 6.07) is 3.21. The Morgan fingerprint density at radius 2 is 2.35 bits per heavy atom. The Balaban J connectivity index is 2.79.